The molecule has 144 valence electrons. The van der Waals surface area contributed by atoms with Gasteiger partial charge in [0.25, 0.3) is 0 Å². The zero-order valence-corrected chi connectivity index (χ0v) is 16.1. The Kier molecular flexibility index (Phi) is 5.28. The minimum atomic E-state index is 0.578. The predicted octanol–water partition coefficient (Wildman–Crippen LogP) is 4.46. The van der Waals surface area contributed by atoms with Gasteiger partial charge in [-0.1, -0.05) is 43.3 Å². The first-order valence-electron chi connectivity index (χ1n) is 9.74. The van der Waals surface area contributed by atoms with Gasteiger partial charge < -0.3 is 10.6 Å². The summed E-state index contributed by atoms with van der Waals surface area (Å²) in [5.74, 6) is 2.17. The van der Waals surface area contributed by atoms with Crippen molar-refractivity contribution >= 4 is 28.7 Å². The number of nitrogen functional groups attached to an aromatic ring is 1. The van der Waals surface area contributed by atoms with Gasteiger partial charge in [-0.3, -0.25) is 10.4 Å². The van der Waals surface area contributed by atoms with E-state index in [1.54, 1.807) is 6.33 Å². The second-order valence-corrected chi connectivity index (χ2v) is 7.25. The molecule has 3 aromatic rings. The summed E-state index contributed by atoms with van der Waals surface area (Å²) in [7, 11) is 0. The highest BCUT2D eigenvalue weighted by atomic mass is 15.5. The number of hydrazine groups is 1. The summed E-state index contributed by atoms with van der Waals surface area (Å²) in [4.78, 5) is 11.2. The van der Waals surface area contributed by atoms with E-state index in [1.165, 1.54) is 0 Å². The molecule has 1 saturated heterocycles. The summed E-state index contributed by atoms with van der Waals surface area (Å²) in [6.45, 7) is 4.25. The lowest BCUT2D eigenvalue weighted by Gasteiger charge is -2.32. The molecule has 0 atom stereocenters. The van der Waals surface area contributed by atoms with Gasteiger partial charge in [-0.2, -0.15) is 0 Å². The van der Waals surface area contributed by atoms with Gasteiger partial charge in [0.15, 0.2) is 11.6 Å². The quantitative estimate of drug-likeness (QED) is 0.643. The molecule has 1 aliphatic rings. The fourth-order valence-corrected chi connectivity index (χ4v) is 3.49. The summed E-state index contributed by atoms with van der Waals surface area (Å²) in [6, 6.07) is 20.2. The van der Waals surface area contributed by atoms with Crippen molar-refractivity contribution in [2.24, 2.45) is 5.92 Å². The van der Waals surface area contributed by atoms with Gasteiger partial charge in [-0.15, -0.1) is 0 Å². The summed E-state index contributed by atoms with van der Waals surface area (Å²) in [5.41, 5.74) is 12.5. The first-order valence-corrected chi connectivity index (χ1v) is 9.74. The lowest BCUT2D eigenvalue weighted by atomic mass is 9.99. The number of hydrogen-bond acceptors (Lipinski definition) is 6. The van der Waals surface area contributed by atoms with Gasteiger partial charge in [0.1, 0.15) is 12.0 Å². The molecule has 0 spiro atoms. The van der Waals surface area contributed by atoms with Crippen molar-refractivity contribution in [3.63, 3.8) is 0 Å². The molecule has 6 heteroatoms. The van der Waals surface area contributed by atoms with Crippen LogP contribution in [-0.2, 0) is 0 Å². The molecule has 0 saturated carbocycles. The smallest absolute Gasteiger partial charge is 0.173 e. The zero-order valence-electron chi connectivity index (χ0n) is 16.1. The Morgan fingerprint density at radius 1 is 0.929 bits per heavy atom. The van der Waals surface area contributed by atoms with Crippen LogP contribution in [-0.4, -0.2) is 23.1 Å². The van der Waals surface area contributed by atoms with E-state index in [-0.39, 0.29) is 0 Å². The topological polar surface area (TPSA) is 70.3 Å². The number of nitrogens with zero attached hydrogens (tertiary/aromatic N) is 4. The molecule has 0 bridgehead atoms. The third-order valence-corrected chi connectivity index (χ3v) is 5.19. The van der Waals surface area contributed by atoms with Gasteiger partial charge in [0.05, 0.1) is 11.4 Å². The van der Waals surface area contributed by atoms with E-state index >= 15 is 0 Å². The number of nitrogens with two attached hydrogens (primary N) is 1. The van der Waals surface area contributed by atoms with E-state index in [0.717, 1.165) is 49.0 Å². The van der Waals surface area contributed by atoms with Crippen LogP contribution in [0.4, 0.5) is 28.7 Å². The molecule has 28 heavy (non-hydrogen) atoms. The number of nitrogens with one attached hydrogen (secondary N) is 1. The highest BCUT2D eigenvalue weighted by Gasteiger charge is 2.21. The summed E-state index contributed by atoms with van der Waals surface area (Å²) < 4.78 is 0. The van der Waals surface area contributed by atoms with Crippen LogP contribution in [0.5, 0.6) is 0 Å². The number of hydrogen-bond donors (Lipinski definition) is 2. The third-order valence-electron chi connectivity index (χ3n) is 5.19. The Bertz CT molecular complexity index is 852. The molecule has 2 heterocycles. The van der Waals surface area contributed by atoms with Gasteiger partial charge in [-0.05, 0) is 43.0 Å². The Balaban J connectivity index is 1.65. The summed E-state index contributed by atoms with van der Waals surface area (Å²) in [6.07, 6.45) is 3.90. The van der Waals surface area contributed by atoms with E-state index < -0.39 is 0 Å². The Labute approximate surface area is 166 Å². The Hall–Kier alpha value is -3.28. The average molecular weight is 374 g/mol. The van der Waals surface area contributed by atoms with Crippen LogP contribution in [0.3, 0.4) is 0 Å². The fraction of sp³-hybridized carbons (Fsp3) is 0.273. The van der Waals surface area contributed by atoms with Crippen LogP contribution in [0.2, 0.25) is 0 Å². The minimum Gasteiger partial charge on any atom is -0.393 e. The monoisotopic (exact) mass is 374 g/mol. The Morgan fingerprint density at radius 3 is 2.07 bits per heavy atom. The van der Waals surface area contributed by atoms with Crippen LogP contribution in [0, 0.1) is 5.92 Å². The molecule has 3 N–H and O–H groups in total. The SMILES string of the molecule is CC1CCN(c2ncnc(NN(c3ccccc3)c3ccccc3)c2N)CC1. The number of para-hydroxylation sites is 2. The molecule has 1 fully saturated rings. The second kappa shape index (κ2) is 8.17. The summed E-state index contributed by atoms with van der Waals surface area (Å²) in [5, 5.41) is 1.99. The zero-order chi connectivity index (χ0) is 19.3. The summed E-state index contributed by atoms with van der Waals surface area (Å²) >= 11 is 0. The van der Waals surface area contributed by atoms with Crippen LogP contribution in [0.1, 0.15) is 19.8 Å². The number of rotatable bonds is 5. The molecule has 2 aromatic carbocycles. The van der Waals surface area contributed by atoms with Crippen LogP contribution >= 0.6 is 0 Å². The maximum absolute atomic E-state index is 6.50. The van der Waals surface area contributed by atoms with Crippen LogP contribution in [0.25, 0.3) is 0 Å². The minimum absolute atomic E-state index is 0.578. The normalized spacial score (nSPS) is 14.7. The highest BCUT2D eigenvalue weighted by Crippen LogP contribution is 2.32. The van der Waals surface area contributed by atoms with Crippen LogP contribution < -0.4 is 21.1 Å². The van der Waals surface area contributed by atoms with Gasteiger partial charge in [-0.25, -0.2) is 9.97 Å². The Morgan fingerprint density at radius 2 is 1.50 bits per heavy atom. The van der Waals surface area contributed by atoms with Gasteiger partial charge in [0.2, 0.25) is 0 Å². The van der Waals surface area contributed by atoms with E-state index in [9.17, 15) is 0 Å². The molecule has 0 aliphatic carbocycles. The number of aromatic nitrogens is 2. The van der Waals surface area contributed by atoms with E-state index in [4.69, 9.17) is 5.73 Å². The molecular formula is C22H26N6. The van der Waals surface area contributed by atoms with Crippen molar-refractivity contribution in [2.45, 2.75) is 19.8 Å². The first-order chi connectivity index (χ1) is 13.7. The molecule has 6 nitrogen and oxygen atoms in total. The average Bonchev–Trinajstić information content (AvgIpc) is 2.75. The molecule has 1 aliphatic heterocycles. The molecule has 4 rings (SSSR count). The molecule has 1 aromatic heterocycles. The largest absolute Gasteiger partial charge is 0.393 e. The van der Waals surface area contributed by atoms with Crippen molar-refractivity contribution < 1.29 is 0 Å². The molecule has 0 unspecified atom stereocenters. The first kappa shape index (κ1) is 18.1. The maximum atomic E-state index is 6.50. The highest BCUT2D eigenvalue weighted by molar-refractivity contribution is 5.78. The van der Waals surface area contributed by atoms with Crippen molar-refractivity contribution in [3.05, 3.63) is 67.0 Å². The second-order valence-electron chi connectivity index (χ2n) is 7.25. The number of piperidine rings is 1. The van der Waals surface area contributed by atoms with E-state index in [2.05, 4.69) is 27.2 Å². The number of anilines is 5. The van der Waals surface area contributed by atoms with E-state index in [0.29, 0.717) is 11.5 Å². The molecule has 0 amide bonds. The van der Waals surface area contributed by atoms with Crippen LogP contribution in [0.15, 0.2) is 67.0 Å². The lowest BCUT2D eigenvalue weighted by Crippen LogP contribution is -2.34. The third kappa shape index (κ3) is 3.86. The predicted molar refractivity (Wildman–Crippen MR) is 116 cm³/mol. The fourth-order valence-electron chi connectivity index (χ4n) is 3.49. The maximum Gasteiger partial charge on any atom is 0.173 e. The van der Waals surface area contributed by atoms with E-state index in [1.807, 2.05) is 65.7 Å². The molecular weight excluding hydrogens is 348 g/mol. The standard InChI is InChI=1S/C22H26N6/c1-17-12-14-27(15-13-17)22-20(23)21(24-16-25-22)26-28(18-8-4-2-5-9-18)19-10-6-3-7-11-19/h2-11,16-17H,12-15,23H2,1H3,(H,24,25,26). The van der Waals surface area contributed by atoms with Crippen molar-refractivity contribution in [1.29, 1.82) is 0 Å². The van der Waals surface area contributed by atoms with Crippen molar-refractivity contribution in [3.8, 4) is 0 Å². The lowest BCUT2D eigenvalue weighted by molar-refractivity contribution is 0.437. The molecule has 0 radical (unpaired) electrons. The van der Waals surface area contributed by atoms with Gasteiger partial charge >= 0.3 is 0 Å². The van der Waals surface area contributed by atoms with Crippen molar-refractivity contribution in [2.75, 3.05) is 34.2 Å². The number of benzene rings is 2. The van der Waals surface area contributed by atoms with Gasteiger partial charge in [0, 0.05) is 13.1 Å². The van der Waals surface area contributed by atoms with Crippen molar-refractivity contribution in [1.82, 2.24) is 9.97 Å².